The largest absolute Gasteiger partial charge is 0.438 e. The predicted molar refractivity (Wildman–Crippen MR) is 107 cm³/mol. The summed E-state index contributed by atoms with van der Waals surface area (Å²) < 4.78 is 7.23. The predicted octanol–water partition coefficient (Wildman–Crippen LogP) is 4.95. The number of nitrogens with zero attached hydrogens (tertiary/aromatic N) is 2. The van der Waals surface area contributed by atoms with Gasteiger partial charge in [-0.15, -0.1) is 11.3 Å². The van der Waals surface area contributed by atoms with E-state index in [-0.39, 0.29) is 6.04 Å². The van der Waals surface area contributed by atoms with Crippen molar-refractivity contribution < 1.29 is 4.42 Å². The monoisotopic (exact) mass is 362 g/mol. The fourth-order valence-electron chi connectivity index (χ4n) is 3.41. The molecule has 5 rings (SSSR count). The smallest absolute Gasteiger partial charge is 0.228 e. The fourth-order valence-corrected chi connectivity index (χ4v) is 4.07. The number of aromatic nitrogens is 2. The lowest BCUT2D eigenvalue weighted by Gasteiger charge is -2.20. The number of anilines is 2. The van der Waals surface area contributed by atoms with Crippen LogP contribution in [-0.2, 0) is 0 Å². The summed E-state index contributed by atoms with van der Waals surface area (Å²) in [6.07, 6.45) is 5.04. The number of thiazole rings is 1. The quantitative estimate of drug-likeness (QED) is 0.540. The van der Waals surface area contributed by atoms with Crippen molar-refractivity contribution in [3.63, 3.8) is 0 Å². The molecule has 26 heavy (non-hydrogen) atoms. The van der Waals surface area contributed by atoms with Gasteiger partial charge in [-0.1, -0.05) is 6.08 Å². The number of hydrogen-bond acceptors (Lipinski definition) is 6. The Morgan fingerprint density at radius 2 is 2.19 bits per heavy atom. The second kappa shape index (κ2) is 6.23. The highest BCUT2D eigenvalue weighted by Gasteiger charge is 2.19. The number of fused-ring (bicyclic) bond motifs is 2. The zero-order chi connectivity index (χ0) is 17.5. The Morgan fingerprint density at radius 3 is 3.12 bits per heavy atom. The number of benzene rings is 1. The summed E-state index contributed by atoms with van der Waals surface area (Å²) in [5, 5.41) is 7.95. The van der Waals surface area contributed by atoms with Crippen LogP contribution in [-0.4, -0.2) is 22.6 Å². The van der Waals surface area contributed by atoms with Crippen LogP contribution >= 0.6 is 11.3 Å². The van der Waals surface area contributed by atoms with Crippen molar-refractivity contribution in [3.05, 3.63) is 53.9 Å². The zero-order valence-electron chi connectivity index (χ0n) is 14.3. The lowest BCUT2D eigenvalue weighted by atomic mass is 10.0. The summed E-state index contributed by atoms with van der Waals surface area (Å²) in [6, 6.07) is 10.6. The molecule has 1 aliphatic rings. The molecule has 0 spiro atoms. The van der Waals surface area contributed by atoms with E-state index in [1.807, 2.05) is 11.6 Å². The summed E-state index contributed by atoms with van der Waals surface area (Å²) in [5.74, 6) is 0.886. The van der Waals surface area contributed by atoms with Crippen molar-refractivity contribution in [2.24, 2.45) is 0 Å². The van der Waals surface area contributed by atoms with Crippen LogP contribution in [0.1, 0.15) is 19.1 Å². The highest BCUT2D eigenvalue weighted by atomic mass is 32.1. The van der Waals surface area contributed by atoms with Gasteiger partial charge in [0.15, 0.2) is 0 Å². The molecule has 0 bridgehead atoms. The second-order valence-electron chi connectivity index (χ2n) is 6.47. The van der Waals surface area contributed by atoms with E-state index in [1.165, 1.54) is 10.3 Å². The van der Waals surface area contributed by atoms with Crippen LogP contribution in [0.25, 0.3) is 26.9 Å². The molecule has 1 aromatic carbocycles. The van der Waals surface area contributed by atoms with Gasteiger partial charge in [0.2, 0.25) is 5.71 Å². The van der Waals surface area contributed by atoms with Gasteiger partial charge in [-0.3, -0.25) is 0 Å². The van der Waals surface area contributed by atoms with Gasteiger partial charge in [0, 0.05) is 23.5 Å². The SMILES string of the molecule is CC1NCCC=C1c1cc2c(Nc3ccc4scnc4c3)ccnc2o1. The Hall–Kier alpha value is -2.70. The molecule has 0 radical (unpaired) electrons. The highest BCUT2D eigenvalue weighted by Crippen LogP contribution is 2.33. The molecule has 1 unspecified atom stereocenters. The Morgan fingerprint density at radius 1 is 1.23 bits per heavy atom. The van der Waals surface area contributed by atoms with Crippen molar-refractivity contribution in [3.8, 4) is 0 Å². The molecule has 0 saturated carbocycles. The van der Waals surface area contributed by atoms with E-state index in [9.17, 15) is 0 Å². The van der Waals surface area contributed by atoms with Crippen LogP contribution in [0, 0.1) is 0 Å². The second-order valence-corrected chi connectivity index (χ2v) is 7.36. The third kappa shape index (κ3) is 2.67. The van der Waals surface area contributed by atoms with Gasteiger partial charge in [0.05, 0.1) is 26.8 Å². The number of rotatable bonds is 3. The van der Waals surface area contributed by atoms with Gasteiger partial charge >= 0.3 is 0 Å². The van der Waals surface area contributed by atoms with Gasteiger partial charge < -0.3 is 15.1 Å². The van der Waals surface area contributed by atoms with E-state index in [1.54, 1.807) is 17.5 Å². The van der Waals surface area contributed by atoms with Crippen molar-refractivity contribution in [2.75, 3.05) is 11.9 Å². The average Bonchev–Trinajstić information content (AvgIpc) is 3.28. The van der Waals surface area contributed by atoms with E-state index in [0.29, 0.717) is 5.71 Å². The lowest BCUT2D eigenvalue weighted by molar-refractivity contribution is 0.558. The molecule has 1 atom stereocenters. The topological polar surface area (TPSA) is 63.0 Å². The molecule has 130 valence electrons. The molecule has 1 aliphatic heterocycles. The summed E-state index contributed by atoms with van der Waals surface area (Å²) in [5.41, 5.74) is 6.71. The van der Waals surface area contributed by atoms with E-state index in [2.05, 4.69) is 57.9 Å². The first-order valence-corrected chi connectivity index (χ1v) is 9.58. The van der Waals surface area contributed by atoms with Crippen LogP contribution in [0.15, 0.2) is 52.5 Å². The first kappa shape index (κ1) is 15.5. The van der Waals surface area contributed by atoms with Crippen LogP contribution in [0.2, 0.25) is 0 Å². The van der Waals surface area contributed by atoms with Gasteiger partial charge in [0.25, 0.3) is 0 Å². The van der Waals surface area contributed by atoms with Crippen molar-refractivity contribution >= 4 is 49.6 Å². The minimum absolute atomic E-state index is 0.285. The van der Waals surface area contributed by atoms with Crippen molar-refractivity contribution in [1.82, 2.24) is 15.3 Å². The first-order chi connectivity index (χ1) is 12.8. The molecule has 6 heteroatoms. The Labute approximate surface area is 154 Å². The lowest BCUT2D eigenvalue weighted by Crippen LogP contribution is -2.31. The third-order valence-electron chi connectivity index (χ3n) is 4.76. The maximum atomic E-state index is 6.04. The van der Waals surface area contributed by atoms with Gasteiger partial charge in [-0.05, 0) is 50.2 Å². The maximum Gasteiger partial charge on any atom is 0.228 e. The molecule has 4 aromatic rings. The molecule has 2 N–H and O–H groups in total. The van der Waals surface area contributed by atoms with Crippen LogP contribution in [0.5, 0.6) is 0 Å². The van der Waals surface area contributed by atoms with E-state index in [4.69, 9.17) is 4.42 Å². The third-order valence-corrected chi connectivity index (χ3v) is 5.57. The normalized spacial score (nSPS) is 17.6. The Bertz CT molecular complexity index is 1130. The summed E-state index contributed by atoms with van der Waals surface area (Å²) in [7, 11) is 0. The van der Waals surface area contributed by atoms with Gasteiger partial charge in [0.1, 0.15) is 5.76 Å². The summed E-state index contributed by atoms with van der Waals surface area (Å²) in [4.78, 5) is 8.79. The van der Waals surface area contributed by atoms with Gasteiger partial charge in [-0.25, -0.2) is 9.97 Å². The number of hydrogen-bond donors (Lipinski definition) is 2. The molecule has 0 saturated heterocycles. The molecular formula is C20H18N4OS. The number of pyridine rings is 1. The van der Waals surface area contributed by atoms with E-state index in [0.717, 1.165) is 41.0 Å². The van der Waals surface area contributed by atoms with E-state index >= 15 is 0 Å². The Balaban J connectivity index is 1.54. The minimum Gasteiger partial charge on any atom is -0.438 e. The molecule has 5 nitrogen and oxygen atoms in total. The minimum atomic E-state index is 0.285. The molecule has 0 aliphatic carbocycles. The number of nitrogens with one attached hydrogen (secondary N) is 2. The molecule has 0 fully saturated rings. The maximum absolute atomic E-state index is 6.04. The fraction of sp³-hybridized carbons (Fsp3) is 0.200. The molecule has 3 aromatic heterocycles. The van der Waals surface area contributed by atoms with Crippen LogP contribution in [0.4, 0.5) is 11.4 Å². The highest BCUT2D eigenvalue weighted by molar-refractivity contribution is 7.16. The van der Waals surface area contributed by atoms with Gasteiger partial charge in [-0.2, -0.15) is 0 Å². The number of furan rings is 1. The van der Waals surface area contributed by atoms with Crippen LogP contribution < -0.4 is 10.6 Å². The van der Waals surface area contributed by atoms with Crippen LogP contribution in [0.3, 0.4) is 0 Å². The van der Waals surface area contributed by atoms with Crippen molar-refractivity contribution in [2.45, 2.75) is 19.4 Å². The average molecular weight is 362 g/mol. The van der Waals surface area contributed by atoms with Crippen molar-refractivity contribution in [1.29, 1.82) is 0 Å². The summed E-state index contributed by atoms with van der Waals surface area (Å²) >= 11 is 1.65. The zero-order valence-corrected chi connectivity index (χ0v) is 15.1. The molecule has 4 heterocycles. The Kier molecular flexibility index (Phi) is 3.72. The molecular weight excluding hydrogens is 344 g/mol. The summed E-state index contributed by atoms with van der Waals surface area (Å²) in [6.45, 7) is 3.17. The molecule has 0 amide bonds. The standard InChI is InChI=1S/C20H18N4OS/c1-12-14(3-2-7-21-12)18-10-15-16(6-8-22-20(15)25-18)24-13-4-5-19-17(9-13)23-11-26-19/h3-6,8-12,21H,2,7H2,1H3,(H,22,24). The van der Waals surface area contributed by atoms with E-state index < -0.39 is 0 Å². The first-order valence-electron chi connectivity index (χ1n) is 8.70.